The van der Waals surface area contributed by atoms with Crippen molar-refractivity contribution in [2.45, 2.75) is 134 Å². The number of hydrogen-bond donors (Lipinski definition) is 6. The summed E-state index contributed by atoms with van der Waals surface area (Å²) in [6.07, 6.45) is 17.4. The summed E-state index contributed by atoms with van der Waals surface area (Å²) in [5, 5.41) is 28.2. The monoisotopic (exact) mass is 593 g/mol. The fourth-order valence-electron chi connectivity index (χ4n) is 4.56. The molecule has 7 N–H and O–H groups in total. The van der Waals surface area contributed by atoms with Crippen LogP contribution in [0.1, 0.15) is 116 Å². The number of rotatable bonds is 20. The Bertz CT molecular complexity index is 883. The van der Waals surface area contributed by atoms with Gasteiger partial charge in [-0.2, -0.15) is 4.98 Å². The number of anilines is 1. The number of phosphoric acid groups is 1. The highest BCUT2D eigenvalue weighted by molar-refractivity contribution is 7.46. The molecule has 0 bridgehead atoms. The van der Waals surface area contributed by atoms with Crippen LogP contribution < -0.4 is 11.4 Å². The van der Waals surface area contributed by atoms with Crippen LogP contribution in [-0.4, -0.2) is 66.2 Å². The molecule has 4 atom stereocenters. The molecule has 1 aliphatic rings. The van der Waals surface area contributed by atoms with Crippen LogP contribution in [0.2, 0.25) is 0 Å². The van der Waals surface area contributed by atoms with Crippen molar-refractivity contribution in [2.75, 3.05) is 18.9 Å². The number of aliphatic hydroxyl groups excluding tert-OH is 3. The zero-order valence-corrected chi connectivity index (χ0v) is 24.9. The summed E-state index contributed by atoms with van der Waals surface area (Å²) in [7, 11) is -4.26. The highest BCUT2D eigenvalue weighted by Crippen LogP contribution is 2.35. The van der Waals surface area contributed by atoms with E-state index in [1.54, 1.807) is 0 Å². The van der Waals surface area contributed by atoms with Crippen molar-refractivity contribution < 1.29 is 38.9 Å². The average molecular weight is 594 g/mol. The number of nitrogens with zero attached hydrogens (tertiary/aromatic N) is 2. The predicted octanol–water partition coefficient (Wildman–Crippen LogP) is 3.79. The number of aromatic nitrogens is 2. The highest BCUT2D eigenvalue weighted by atomic mass is 31.2. The van der Waals surface area contributed by atoms with Gasteiger partial charge in [-0.3, -0.25) is 9.09 Å². The number of ether oxygens (including phenoxy) is 1. The first-order chi connectivity index (χ1) is 19.1. The van der Waals surface area contributed by atoms with E-state index in [9.17, 15) is 19.6 Å². The predicted molar refractivity (Wildman–Crippen MR) is 153 cm³/mol. The summed E-state index contributed by atoms with van der Waals surface area (Å²) in [5.41, 5.74) is 4.63. The Morgan fingerprint density at radius 1 is 0.900 bits per heavy atom. The van der Waals surface area contributed by atoms with Crippen LogP contribution in [0.5, 0.6) is 0 Å². The average Bonchev–Trinajstić information content (AvgIpc) is 3.19. The lowest BCUT2D eigenvalue weighted by Crippen LogP contribution is -2.36. The zero-order chi connectivity index (χ0) is 29.8. The van der Waals surface area contributed by atoms with E-state index in [2.05, 4.69) is 16.4 Å². The maximum Gasteiger partial charge on any atom is 0.469 e. The Kier molecular flexibility index (Phi) is 19.6. The van der Waals surface area contributed by atoms with Crippen LogP contribution in [0.15, 0.2) is 17.1 Å². The highest BCUT2D eigenvalue weighted by Gasteiger charge is 2.43. The van der Waals surface area contributed by atoms with E-state index in [0.717, 1.165) is 23.8 Å². The van der Waals surface area contributed by atoms with Gasteiger partial charge in [-0.25, -0.2) is 9.36 Å². The number of aliphatic hydroxyl groups is 3. The first kappa shape index (κ1) is 36.7. The van der Waals surface area contributed by atoms with Gasteiger partial charge >= 0.3 is 13.5 Å². The molecule has 2 heterocycles. The molecule has 1 aromatic heterocycles. The van der Waals surface area contributed by atoms with Crippen LogP contribution in [0.4, 0.5) is 5.82 Å². The summed E-state index contributed by atoms with van der Waals surface area (Å²) in [4.78, 5) is 32.1. The number of hydrogen-bond acceptors (Lipinski definition) is 9. The smallest absolute Gasteiger partial charge is 0.394 e. The van der Waals surface area contributed by atoms with Crippen molar-refractivity contribution in [3.8, 4) is 0 Å². The molecule has 0 saturated carbocycles. The molecule has 0 aromatic carbocycles. The van der Waals surface area contributed by atoms with Gasteiger partial charge in [0.25, 0.3) is 0 Å². The van der Waals surface area contributed by atoms with E-state index in [1.165, 1.54) is 95.7 Å². The molecular formula is C27H52N3O9P. The maximum absolute atomic E-state index is 11.5. The molecule has 12 nitrogen and oxygen atoms in total. The number of phosphoric ester groups is 1. The summed E-state index contributed by atoms with van der Waals surface area (Å²) < 4.78 is 21.1. The molecule has 234 valence electrons. The van der Waals surface area contributed by atoms with Gasteiger partial charge in [-0.1, -0.05) is 103 Å². The van der Waals surface area contributed by atoms with Crippen molar-refractivity contribution in [1.29, 1.82) is 0 Å². The van der Waals surface area contributed by atoms with Crippen molar-refractivity contribution in [3.05, 3.63) is 22.7 Å². The van der Waals surface area contributed by atoms with Crippen molar-refractivity contribution in [3.63, 3.8) is 0 Å². The van der Waals surface area contributed by atoms with Gasteiger partial charge < -0.3 is 35.6 Å². The molecule has 40 heavy (non-hydrogen) atoms. The van der Waals surface area contributed by atoms with Gasteiger partial charge in [0.05, 0.1) is 13.2 Å². The lowest BCUT2D eigenvalue weighted by molar-refractivity contribution is -0.0549. The first-order valence-electron chi connectivity index (χ1n) is 14.8. The normalized spacial score (nSPS) is 20.9. The van der Waals surface area contributed by atoms with Gasteiger partial charge in [0.1, 0.15) is 24.1 Å². The largest absolute Gasteiger partial charge is 0.469 e. The second-order valence-electron chi connectivity index (χ2n) is 10.4. The van der Waals surface area contributed by atoms with E-state index < -0.39 is 44.7 Å². The fraction of sp³-hybridized carbons (Fsp3) is 0.852. The molecule has 2 rings (SSSR count). The van der Waals surface area contributed by atoms with Crippen LogP contribution in [0, 0.1) is 0 Å². The van der Waals surface area contributed by atoms with Crippen LogP contribution in [0.25, 0.3) is 0 Å². The maximum atomic E-state index is 11.5. The van der Waals surface area contributed by atoms with E-state index in [-0.39, 0.29) is 12.4 Å². The minimum Gasteiger partial charge on any atom is -0.394 e. The third-order valence-electron chi connectivity index (χ3n) is 6.90. The summed E-state index contributed by atoms with van der Waals surface area (Å²) >= 11 is 0. The van der Waals surface area contributed by atoms with Gasteiger partial charge in [0, 0.05) is 6.20 Å². The Labute approximate surface area is 238 Å². The third kappa shape index (κ3) is 16.2. The van der Waals surface area contributed by atoms with Gasteiger partial charge in [0.2, 0.25) is 0 Å². The SMILES string of the molecule is CCCCCCCCCCCCCCCCCCOP(=O)(O)O.Nc1ccn([C@@H]2O[C@H](CO)[C@@H](O)[C@@H]2O)c(=O)n1. The second-order valence-corrected chi connectivity index (χ2v) is 11.6. The molecule has 13 heteroatoms. The van der Waals surface area contributed by atoms with E-state index >= 15 is 0 Å². The molecule has 1 fully saturated rings. The van der Waals surface area contributed by atoms with E-state index in [0.29, 0.717) is 0 Å². The number of unbranched alkanes of at least 4 members (excludes halogenated alkanes) is 15. The third-order valence-corrected chi connectivity index (χ3v) is 7.42. The Hall–Kier alpha value is -1.37. The minimum absolute atomic E-state index is 0.0537. The lowest BCUT2D eigenvalue weighted by atomic mass is 10.0. The Morgan fingerprint density at radius 2 is 1.38 bits per heavy atom. The quantitative estimate of drug-likeness (QED) is 0.0950. The standard InChI is InChI=1S/C18H39O4P.C9H13N3O5/c1-2-3-4-5-6-7-8-9-10-11-12-13-14-15-16-17-18-22-23(19,20)21;10-5-1-2-12(9(16)11-5)8-7(15)6(14)4(3-13)17-8/h2-18H2,1H3,(H2,19,20,21);1-2,4,6-8,13-15H,3H2,(H2,10,11,16)/t;4-,6-,7+,8-/m.1/s1. The topological polar surface area (TPSA) is 198 Å². The minimum atomic E-state index is -4.26. The molecule has 1 saturated heterocycles. The summed E-state index contributed by atoms with van der Waals surface area (Å²) in [6.45, 7) is 1.98. The van der Waals surface area contributed by atoms with E-state index in [1.807, 2.05) is 0 Å². The molecule has 0 spiro atoms. The molecule has 1 aliphatic heterocycles. The van der Waals surface area contributed by atoms with E-state index in [4.69, 9.17) is 25.4 Å². The molecule has 0 aliphatic carbocycles. The van der Waals surface area contributed by atoms with Crippen molar-refractivity contribution in [2.24, 2.45) is 0 Å². The molecular weight excluding hydrogens is 541 g/mol. The summed E-state index contributed by atoms with van der Waals surface area (Å²) in [6, 6.07) is 1.37. The lowest BCUT2D eigenvalue weighted by Gasteiger charge is -2.16. The van der Waals surface area contributed by atoms with Gasteiger partial charge in [-0.05, 0) is 12.5 Å². The van der Waals surface area contributed by atoms with Crippen LogP contribution in [-0.2, 0) is 13.8 Å². The van der Waals surface area contributed by atoms with Gasteiger partial charge in [0.15, 0.2) is 6.23 Å². The molecule has 0 amide bonds. The fourth-order valence-corrected chi connectivity index (χ4v) is 4.93. The second kappa shape index (κ2) is 21.4. The molecule has 1 aromatic rings. The number of nitrogens with two attached hydrogens (primary N) is 1. The summed E-state index contributed by atoms with van der Waals surface area (Å²) in [5.74, 6) is 0.0537. The van der Waals surface area contributed by atoms with Crippen LogP contribution >= 0.6 is 7.82 Å². The van der Waals surface area contributed by atoms with Crippen LogP contribution in [0.3, 0.4) is 0 Å². The van der Waals surface area contributed by atoms with Crippen molar-refractivity contribution >= 4 is 13.6 Å². The Morgan fingerprint density at radius 3 is 1.77 bits per heavy atom. The van der Waals surface area contributed by atoms with Crippen molar-refractivity contribution in [1.82, 2.24) is 9.55 Å². The zero-order valence-electron chi connectivity index (χ0n) is 24.0. The Balaban J connectivity index is 0.000000415. The number of nitrogen functional groups attached to an aromatic ring is 1. The molecule has 0 unspecified atom stereocenters. The molecule has 0 radical (unpaired) electrons. The first-order valence-corrected chi connectivity index (χ1v) is 16.3. The van der Waals surface area contributed by atoms with Gasteiger partial charge in [-0.15, -0.1) is 0 Å².